The third kappa shape index (κ3) is 10.2. The lowest BCUT2D eigenvalue weighted by Crippen LogP contribution is -2.22. The molecular weight excluding hydrogens is 548 g/mol. The minimum absolute atomic E-state index is 0.158. The molecule has 2 atom stereocenters. The summed E-state index contributed by atoms with van der Waals surface area (Å²) in [4.78, 5) is 16.2. The Hall–Kier alpha value is -3.00. The smallest absolute Gasteiger partial charge is 0.405 e. The van der Waals surface area contributed by atoms with Crippen LogP contribution >= 0.6 is 20.8 Å². The Balaban J connectivity index is 0.000000520. The van der Waals surface area contributed by atoms with Crippen molar-refractivity contribution in [3.05, 3.63) is 93.8 Å². The molecule has 39 heavy (non-hydrogen) atoms. The molecule has 0 bridgehead atoms. The zero-order chi connectivity index (χ0) is 28.4. The van der Waals surface area contributed by atoms with E-state index >= 15 is 0 Å². The molecule has 11 heteroatoms. The number of benzene rings is 1. The van der Waals surface area contributed by atoms with Gasteiger partial charge in [-0.15, -0.1) is 22.4 Å². The second-order valence-corrected chi connectivity index (χ2v) is 10.1. The van der Waals surface area contributed by atoms with Crippen molar-refractivity contribution in [2.24, 2.45) is 18.0 Å². The second kappa shape index (κ2) is 14.4. The maximum atomic E-state index is 12.8. The molecule has 2 heterocycles. The lowest BCUT2D eigenvalue weighted by Gasteiger charge is -2.12. The Kier molecular flexibility index (Phi) is 11.3. The van der Waals surface area contributed by atoms with E-state index in [1.54, 1.807) is 30.1 Å². The summed E-state index contributed by atoms with van der Waals surface area (Å²) in [5, 5.41) is 8.66. The normalized spacial score (nSPS) is 19.5. The van der Waals surface area contributed by atoms with Gasteiger partial charge in [-0.25, -0.2) is 0 Å². The first-order valence-electron chi connectivity index (χ1n) is 12.3. The molecule has 0 radical (unpaired) electrons. The highest BCUT2D eigenvalue weighted by atomic mass is 35.5. The fraction of sp³-hybridized carbons (Fsp3) is 0.321. The van der Waals surface area contributed by atoms with Crippen LogP contribution in [0.1, 0.15) is 31.2 Å². The molecule has 1 fully saturated rings. The number of alkyl halides is 3. The summed E-state index contributed by atoms with van der Waals surface area (Å²) in [6.45, 7) is 3.53. The highest BCUT2D eigenvalue weighted by Crippen LogP contribution is 2.32. The van der Waals surface area contributed by atoms with Gasteiger partial charge in [-0.3, -0.25) is 14.5 Å². The molecule has 0 saturated carbocycles. The van der Waals surface area contributed by atoms with Gasteiger partial charge in [0.25, 0.3) is 0 Å². The lowest BCUT2D eigenvalue weighted by molar-refractivity contribution is -0.303. The maximum Gasteiger partial charge on any atom is 0.573 e. The fourth-order valence-electron chi connectivity index (χ4n) is 3.95. The van der Waals surface area contributed by atoms with Gasteiger partial charge in [0.2, 0.25) is 0 Å². The number of nitrogens with zero attached hydrogens (tertiary/aromatic N) is 3. The summed E-state index contributed by atoms with van der Waals surface area (Å²) in [6.07, 6.45) is 4.41. The number of nitrogens with one attached hydrogen (secondary N) is 1. The van der Waals surface area contributed by atoms with E-state index in [0.717, 1.165) is 17.1 Å². The number of halogens is 4. The van der Waals surface area contributed by atoms with Crippen LogP contribution in [0.5, 0.6) is 0 Å². The van der Waals surface area contributed by atoms with E-state index in [1.165, 1.54) is 6.08 Å². The lowest BCUT2D eigenvalue weighted by atomic mass is 9.98. The minimum atomic E-state index is -4.77. The Morgan fingerprint density at radius 3 is 2.72 bits per heavy atom. The predicted octanol–water partition coefficient (Wildman–Crippen LogP) is 6.42. The number of carbonyl (C=O) groups is 1. The molecule has 1 saturated heterocycles. The molecule has 1 aliphatic carbocycles. The van der Waals surface area contributed by atoms with Gasteiger partial charge in [-0.05, 0) is 48.3 Å². The van der Waals surface area contributed by atoms with E-state index in [4.69, 9.17) is 11.6 Å². The highest BCUT2D eigenvalue weighted by molar-refractivity contribution is 7.23. The zero-order valence-corrected chi connectivity index (χ0v) is 23.6. The van der Waals surface area contributed by atoms with Gasteiger partial charge in [0.15, 0.2) is 5.78 Å². The van der Waals surface area contributed by atoms with Crippen molar-refractivity contribution >= 4 is 38.4 Å². The van der Waals surface area contributed by atoms with Gasteiger partial charge >= 0.3 is 6.36 Å². The van der Waals surface area contributed by atoms with Crippen molar-refractivity contribution in [1.82, 2.24) is 15.1 Å². The van der Waals surface area contributed by atoms with E-state index in [-0.39, 0.29) is 17.5 Å². The molecular formula is C28H31ClF3N4O2P. The molecule has 1 N–H and O–H groups in total. The van der Waals surface area contributed by atoms with Crippen LogP contribution in [0, 0.1) is 5.92 Å². The van der Waals surface area contributed by atoms with Crippen molar-refractivity contribution < 1.29 is 22.7 Å². The molecule has 2 aliphatic rings. The van der Waals surface area contributed by atoms with Gasteiger partial charge in [0.1, 0.15) is 5.76 Å². The third-order valence-electron chi connectivity index (χ3n) is 5.90. The molecule has 4 rings (SSSR count). The SMILES string of the molecule is CC1CNCC(=O)C/C1=C/C=NCc1cc(C2=CC(OC(F)(F)F)=C(P)C=CC2)n(C)n1.Clc1ccccc1. The molecule has 1 aromatic carbocycles. The number of rotatable bonds is 5. The van der Waals surface area contributed by atoms with E-state index in [1.807, 2.05) is 42.5 Å². The zero-order valence-electron chi connectivity index (χ0n) is 21.7. The molecule has 2 aromatic rings. The third-order valence-corrected chi connectivity index (χ3v) is 6.63. The van der Waals surface area contributed by atoms with Crippen molar-refractivity contribution in [1.29, 1.82) is 0 Å². The number of hydrogen-bond donors (Lipinski definition) is 1. The molecule has 0 amide bonds. The largest absolute Gasteiger partial charge is 0.573 e. The van der Waals surface area contributed by atoms with E-state index < -0.39 is 6.36 Å². The Morgan fingerprint density at radius 2 is 2.05 bits per heavy atom. The van der Waals surface area contributed by atoms with Crippen LogP contribution in [0.25, 0.3) is 5.57 Å². The molecule has 6 nitrogen and oxygen atoms in total. The summed E-state index contributed by atoms with van der Waals surface area (Å²) in [5.74, 6) is 0.151. The molecule has 1 aromatic heterocycles. The van der Waals surface area contributed by atoms with E-state index in [2.05, 4.69) is 36.3 Å². The molecule has 0 spiro atoms. The van der Waals surface area contributed by atoms with E-state index in [9.17, 15) is 18.0 Å². The van der Waals surface area contributed by atoms with Crippen LogP contribution in [-0.2, 0) is 23.1 Å². The van der Waals surface area contributed by atoms with Crippen molar-refractivity contribution in [2.45, 2.75) is 32.7 Å². The van der Waals surface area contributed by atoms with Crippen LogP contribution in [0.3, 0.4) is 0 Å². The van der Waals surface area contributed by atoms with Crippen molar-refractivity contribution in [3.8, 4) is 0 Å². The Labute approximate surface area is 233 Å². The number of aliphatic imine (C=N–C) groups is 1. The van der Waals surface area contributed by atoms with Gasteiger partial charge in [0.05, 0.1) is 24.5 Å². The van der Waals surface area contributed by atoms with Crippen LogP contribution in [0.15, 0.2) is 82.3 Å². The monoisotopic (exact) mass is 578 g/mol. The molecule has 208 valence electrons. The van der Waals surface area contributed by atoms with Crippen LogP contribution in [0.2, 0.25) is 5.02 Å². The average Bonchev–Trinajstić information content (AvgIpc) is 3.03. The van der Waals surface area contributed by atoms with Crippen LogP contribution in [-0.4, -0.2) is 41.2 Å². The standard InChI is InChI=1S/C22H26F3N4O2P.C6H5Cl/c1-14-11-27-13-18(30)8-15(14)6-7-26-12-17-10-19(29(2)28-17)16-4-3-5-21(32)20(9-16)31-22(23,24)25;7-6-4-2-1-3-5-6/h3,5-7,9-10,14,27H,4,8,11-13,32H2,1-2H3;1-5H/b15-6-,26-7?;. The highest BCUT2D eigenvalue weighted by Gasteiger charge is 2.32. The van der Waals surface area contributed by atoms with Crippen molar-refractivity contribution in [3.63, 3.8) is 0 Å². The van der Waals surface area contributed by atoms with Crippen LogP contribution < -0.4 is 5.32 Å². The number of hydrogen-bond acceptors (Lipinski definition) is 5. The van der Waals surface area contributed by atoms with Gasteiger partial charge < -0.3 is 10.1 Å². The predicted molar refractivity (Wildman–Crippen MR) is 152 cm³/mol. The Bertz CT molecular complexity index is 1300. The average molecular weight is 579 g/mol. The van der Waals surface area contributed by atoms with Gasteiger partial charge in [0, 0.05) is 36.6 Å². The van der Waals surface area contributed by atoms with Crippen molar-refractivity contribution in [2.75, 3.05) is 13.1 Å². The number of ether oxygens (including phenoxy) is 1. The van der Waals surface area contributed by atoms with E-state index in [0.29, 0.717) is 48.2 Å². The summed E-state index contributed by atoms with van der Waals surface area (Å²) >= 11 is 5.54. The number of allylic oxidation sites excluding steroid dienone is 6. The number of carbonyl (C=O) groups excluding carboxylic acids is 1. The minimum Gasteiger partial charge on any atom is -0.405 e. The number of aromatic nitrogens is 2. The number of ketones is 1. The second-order valence-electron chi connectivity index (χ2n) is 9.06. The first-order valence-corrected chi connectivity index (χ1v) is 13.2. The summed E-state index contributed by atoms with van der Waals surface area (Å²) in [7, 11) is 4.00. The summed E-state index contributed by atoms with van der Waals surface area (Å²) in [6, 6.07) is 11.3. The first kappa shape index (κ1) is 30.5. The van der Waals surface area contributed by atoms with Crippen LogP contribution in [0.4, 0.5) is 13.2 Å². The van der Waals surface area contributed by atoms with Gasteiger partial charge in [-0.1, -0.05) is 54.4 Å². The summed E-state index contributed by atoms with van der Waals surface area (Å²) < 4.78 is 44.1. The Morgan fingerprint density at radius 1 is 1.31 bits per heavy atom. The number of Topliss-reactive ketones (excluding diaryl/α,β-unsaturated/α-hetero) is 1. The molecule has 1 aliphatic heterocycles. The topological polar surface area (TPSA) is 68.5 Å². The molecule has 2 unspecified atom stereocenters. The quantitative estimate of drug-likeness (QED) is 0.328. The van der Waals surface area contributed by atoms with Gasteiger partial charge in [-0.2, -0.15) is 5.10 Å². The maximum absolute atomic E-state index is 12.8. The first-order chi connectivity index (χ1) is 18.5. The fourth-order valence-corrected chi connectivity index (χ4v) is 4.37. The number of aryl methyl sites for hydroxylation is 1. The summed E-state index contributed by atoms with van der Waals surface area (Å²) in [5.41, 5.74) is 3.07.